The van der Waals surface area contributed by atoms with E-state index in [4.69, 9.17) is 4.52 Å². The number of piperazine rings is 1. The van der Waals surface area contributed by atoms with Gasteiger partial charge < -0.3 is 20.1 Å². The van der Waals surface area contributed by atoms with E-state index in [1.165, 1.54) is 11.3 Å². The molecular weight excluding hydrogens is 402 g/mol. The van der Waals surface area contributed by atoms with Crippen molar-refractivity contribution >= 4 is 23.1 Å². The minimum Gasteiger partial charge on any atom is -0.374 e. The molecule has 32 heavy (non-hydrogen) atoms. The van der Waals surface area contributed by atoms with E-state index in [2.05, 4.69) is 68.1 Å². The molecule has 2 heterocycles. The number of benzene rings is 2. The van der Waals surface area contributed by atoms with Crippen molar-refractivity contribution in [3.63, 3.8) is 0 Å². The Bertz CT molecular complexity index is 995. The molecule has 4 rings (SSSR count). The second-order valence-corrected chi connectivity index (χ2v) is 8.21. The van der Waals surface area contributed by atoms with E-state index in [9.17, 15) is 4.79 Å². The highest BCUT2D eigenvalue weighted by molar-refractivity contribution is 5.95. The number of hydrogen-bond donors (Lipinski definition) is 2. The first kappa shape index (κ1) is 21.9. The monoisotopic (exact) mass is 433 g/mol. The quantitative estimate of drug-likeness (QED) is 0.556. The zero-order chi connectivity index (χ0) is 22.3. The number of rotatable bonds is 8. The highest BCUT2D eigenvalue weighted by Crippen LogP contribution is 2.21. The predicted octanol–water partition coefficient (Wildman–Crippen LogP) is 4.13. The minimum absolute atomic E-state index is 0.126. The molecule has 1 atom stereocenters. The molecule has 1 aromatic heterocycles. The van der Waals surface area contributed by atoms with Gasteiger partial charge >= 0.3 is 0 Å². The predicted molar refractivity (Wildman–Crippen MR) is 128 cm³/mol. The Morgan fingerprint density at radius 3 is 2.41 bits per heavy atom. The molecule has 1 amide bonds. The van der Waals surface area contributed by atoms with Crippen molar-refractivity contribution in [2.24, 2.45) is 0 Å². The fraction of sp³-hybridized carbons (Fsp3) is 0.360. The lowest BCUT2D eigenvalue weighted by atomic mass is 10.1. The van der Waals surface area contributed by atoms with Gasteiger partial charge in [0.05, 0.1) is 0 Å². The average molecular weight is 434 g/mol. The summed E-state index contributed by atoms with van der Waals surface area (Å²) in [6, 6.07) is 20.3. The van der Waals surface area contributed by atoms with Crippen LogP contribution >= 0.6 is 0 Å². The van der Waals surface area contributed by atoms with Crippen molar-refractivity contribution in [1.29, 1.82) is 0 Å². The van der Waals surface area contributed by atoms with Gasteiger partial charge in [0, 0.05) is 50.2 Å². The largest absolute Gasteiger partial charge is 0.374 e. The molecule has 0 spiro atoms. The standard InChI is InChI=1S/C25H31N5O2/c1-3-23(25(31)27-24-17-19(2)32-28-24)26-21-9-11-22(12-10-21)30-15-13-29(14-16-30)18-20-7-5-4-6-8-20/h4-12,17,23,26H,3,13-16,18H2,1-2H3,(H,27,28,31)/t23-/m0/s1. The number of amides is 1. The summed E-state index contributed by atoms with van der Waals surface area (Å²) in [5.41, 5.74) is 3.50. The second kappa shape index (κ2) is 10.3. The zero-order valence-corrected chi connectivity index (χ0v) is 18.8. The minimum atomic E-state index is -0.348. The summed E-state index contributed by atoms with van der Waals surface area (Å²) in [4.78, 5) is 17.5. The topological polar surface area (TPSA) is 73.6 Å². The SMILES string of the molecule is CC[C@H](Nc1ccc(N2CCN(Cc3ccccc3)CC2)cc1)C(=O)Nc1cc(C)on1. The molecule has 1 aliphatic rings. The number of carbonyl (C=O) groups is 1. The number of aryl methyl sites for hydroxylation is 1. The van der Waals surface area contributed by atoms with Crippen LogP contribution < -0.4 is 15.5 Å². The number of nitrogens with one attached hydrogen (secondary N) is 2. The molecule has 0 unspecified atom stereocenters. The van der Waals surface area contributed by atoms with E-state index >= 15 is 0 Å². The number of carbonyl (C=O) groups excluding carboxylic acids is 1. The van der Waals surface area contributed by atoms with Crippen molar-refractivity contribution in [3.05, 3.63) is 72.0 Å². The maximum Gasteiger partial charge on any atom is 0.248 e. The lowest BCUT2D eigenvalue weighted by Gasteiger charge is -2.36. The molecule has 2 N–H and O–H groups in total. The van der Waals surface area contributed by atoms with Crippen LogP contribution in [0, 0.1) is 6.92 Å². The molecule has 0 radical (unpaired) electrons. The van der Waals surface area contributed by atoms with Crippen LogP contribution in [0.3, 0.4) is 0 Å². The van der Waals surface area contributed by atoms with Gasteiger partial charge in [-0.2, -0.15) is 0 Å². The fourth-order valence-electron chi connectivity index (χ4n) is 3.97. The lowest BCUT2D eigenvalue weighted by Crippen LogP contribution is -2.45. The van der Waals surface area contributed by atoms with Gasteiger partial charge in [0.15, 0.2) is 5.82 Å². The Labute approximate surface area is 189 Å². The van der Waals surface area contributed by atoms with Crippen LogP contribution in [0.25, 0.3) is 0 Å². The van der Waals surface area contributed by atoms with Crippen LogP contribution in [0.15, 0.2) is 65.2 Å². The van der Waals surface area contributed by atoms with Gasteiger partial charge in [0.25, 0.3) is 0 Å². The highest BCUT2D eigenvalue weighted by Gasteiger charge is 2.19. The summed E-state index contributed by atoms with van der Waals surface area (Å²) in [5.74, 6) is 0.978. The fourth-order valence-corrected chi connectivity index (χ4v) is 3.97. The summed E-state index contributed by atoms with van der Waals surface area (Å²) in [6.45, 7) is 8.90. The van der Waals surface area contributed by atoms with E-state index in [1.54, 1.807) is 13.0 Å². The smallest absolute Gasteiger partial charge is 0.248 e. The number of hydrogen-bond acceptors (Lipinski definition) is 6. The molecule has 2 aromatic carbocycles. The highest BCUT2D eigenvalue weighted by atomic mass is 16.5. The molecule has 0 saturated carbocycles. The van der Waals surface area contributed by atoms with E-state index < -0.39 is 0 Å². The Balaban J connectivity index is 1.28. The molecular formula is C25H31N5O2. The molecule has 7 heteroatoms. The molecule has 1 fully saturated rings. The van der Waals surface area contributed by atoms with Crippen molar-refractivity contribution in [2.75, 3.05) is 41.7 Å². The van der Waals surface area contributed by atoms with E-state index in [1.807, 2.05) is 19.1 Å². The van der Waals surface area contributed by atoms with Gasteiger partial charge in [-0.1, -0.05) is 42.4 Å². The van der Waals surface area contributed by atoms with Gasteiger partial charge in [-0.05, 0) is 43.2 Å². The first-order valence-electron chi connectivity index (χ1n) is 11.2. The summed E-state index contributed by atoms with van der Waals surface area (Å²) >= 11 is 0. The normalized spacial score (nSPS) is 15.4. The lowest BCUT2D eigenvalue weighted by molar-refractivity contribution is -0.117. The summed E-state index contributed by atoms with van der Waals surface area (Å²) in [6.07, 6.45) is 0.661. The van der Waals surface area contributed by atoms with E-state index in [-0.39, 0.29) is 11.9 Å². The van der Waals surface area contributed by atoms with Gasteiger partial charge in [-0.3, -0.25) is 9.69 Å². The Morgan fingerprint density at radius 2 is 1.78 bits per heavy atom. The molecule has 0 aliphatic carbocycles. The first-order chi connectivity index (χ1) is 15.6. The Hall–Kier alpha value is -3.32. The van der Waals surface area contributed by atoms with Crippen LogP contribution in [-0.2, 0) is 11.3 Å². The van der Waals surface area contributed by atoms with Crippen molar-refractivity contribution in [2.45, 2.75) is 32.9 Å². The average Bonchev–Trinajstić information content (AvgIpc) is 3.23. The molecule has 168 valence electrons. The first-order valence-corrected chi connectivity index (χ1v) is 11.2. The van der Waals surface area contributed by atoms with Gasteiger partial charge in [-0.25, -0.2) is 0 Å². The van der Waals surface area contributed by atoms with Crippen LogP contribution in [0.4, 0.5) is 17.2 Å². The zero-order valence-electron chi connectivity index (χ0n) is 18.8. The van der Waals surface area contributed by atoms with Crippen molar-refractivity contribution in [1.82, 2.24) is 10.1 Å². The van der Waals surface area contributed by atoms with Crippen molar-refractivity contribution < 1.29 is 9.32 Å². The number of aromatic nitrogens is 1. The second-order valence-electron chi connectivity index (χ2n) is 8.21. The van der Waals surface area contributed by atoms with Crippen LogP contribution in [0.2, 0.25) is 0 Å². The van der Waals surface area contributed by atoms with Gasteiger partial charge in [0.1, 0.15) is 11.8 Å². The number of nitrogens with zero attached hydrogens (tertiary/aromatic N) is 3. The van der Waals surface area contributed by atoms with E-state index in [0.29, 0.717) is 18.0 Å². The van der Waals surface area contributed by atoms with Crippen molar-refractivity contribution in [3.8, 4) is 0 Å². The maximum atomic E-state index is 12.6. The van der Waals surface area contributed by atoms with Crippen LogP contribution in [-0.4, -0.2) is 48.2 Å². The molecule has 1 saturated heterocycles. The number of anilines is 3. The third-order valence-corrected chi connectivity index (χ3v) is 5.80. The van der Waals surface area contributed by atoms with E-state index in [0.717, 1.165) is 38.4 Å². The summed E-state index contributed by atoms with van der Waals surface area (Å²) in [7, 11) is 0. The maximum absolute atomic E-state index is 12.6. The molecule has 3 aromatic rings. The van der Waals surface area contributed by atoms with Crippen LogP contribution in [0.1, 0.15) is 24.7 Å². The molecule has 7 nitrogen and oxygen atoms in total. The van der Waals surface area contributed by atoms with Crippen LogP contribution in [0.5, 0.6) is 0 Å². The molecule has 1 aliphatic heterocycles. The van der Waals surface area contributed by atoms with Gasteiger partial charge in [-0.15, -0.1) is 0 Å². The Kier molecular flexibility index (Phi) is 7.07. The third kappa shape index (κ3) is 5.68. The Morgan fingerprint density at radius 1 is 1.06 bits per heavy atom. The molecule has 0 bridgehead atoms. The third-order valence-electron chi connectivity index (χ3n) is 5.80. The van der Waals surface area contributed by atoms with Gasteiger partial charge in [0.2, 0.25) is 5.91 Å². The summed E-state index contributed by atoms with van der Waals surface area (Å²) in [5, 5.41) is 9.95. The summed E-state index contributed by atoms with van der Waals surface area (Å²) < 4.78 is 5.01.